The molecule has 1 heterocycles. The number of ether oxygens (including phenoxy) is 1. The first-order valence-electron chi connectivity index (χ1n) is 2.79. The van der Waals surface area contributed by atoms with Gasteiger partial charge in [0, 0.05) is 0 Å². The predicted octanol–water partition coefficient (Wildman–Crippen LogP) is -0.0113. The van der Waals surface area contributed by atoms with E-state index in [9.17, 15) is 4.79 Å². The first-order chi connectivity index (χ1) is 4.33. The Morgan fingerprint density at radius 1 is 1.78 bits per heavy atom. The number of hydrogen-bond acceptors (Lipinski definition) is 3. The number of hydrogen-bond donors (Lipinski definition) is 0. The summed E-state index contributed by atoms with van der Waals surface area (Å²) in [4.78, 5) is 12.3. The Morgan fingerprint density at radius 2 is 2.56 bits per heavy atom. The van der Waals surface area contributed by atoms with Gasteiger partial charge in [0.05, 0.1) is 6.54 Å². The standard InChI is InChI=1S/C6H9NO2/c1-2-7-3-6(8)4-9-5-7/h2H,1,3-5H2. The molecule has 1 aliphatic rings. The normalized spacial score (nSPS) is 20.0. The van der Waals surface area contributed by atoms with E-state index >= 15 is 0 Å². The Morgan fingerprint density at radius 3 is 3.00 bits per heavy atom. The van der Waals surface area contributed by atoms with E-state index in [-0.39, 0.29) is 12.4 Å². The van der Waals surface area contributed by atoms with Crippen LogP contribution in [-0.2, 0) is 9.53 Å². The van der Waals surface area contributed by atoms with E-state index in [0.717, 1.165) is 0 Å². The molecule has 0 unspecified atom stereocenters. The van der Waals surface area contributed by atoms with Gasteiger partial charge in [0.2, 0.25) is 0 Å². The molecule has 0 aromatic heterocycles. The molecule has 1 fully saturated rings. The van der Waals surface area contributed by atoms with Gasteiger partial charge >= 0.3 is 0 Å². The minimum atomic E-state index is 0.112. The highest BCUT2D eigenvalue weighted by Crippen LogP contribution is 1.96. The second kappa shape index (κ2) is 2.64. The number of carbonyl (C=O) groups excluding carboxylic acids is 1. The summed E-state index contributed by atoms with van der Waals surface area (Å²) in [6.07, 6.45) is 1.61. The summed E-state index contributed by atoms with van der Waals surface area (Å²) < 4.78 is 4.89. The number of ketones is 1. The van der Waals surface area contributed by atoms with Crippen molar-refractivity contribution >= 4 is 5.78 Å². The Kier molecular flexibility index (Phi) is 1.85. The highest BCUT2D eigenvalue weighted by Gasteiger charge is 2.12. The second-order valence-electron chi connectivity index (χ2n) is 1.95. The zero-order chi connectivity index (χ0) is 6.69. The predicted molar refractivity (Wildman–Crippen MR) is 32.7 cm³/mol. The fourth-order valence-corrected chi connectivity index (χ4v) is 0.712. The minimum Gasteiger partial charge on any atom is -0.353 e. The van der Waals surface area contributed by atoms with E-state index in [4.69, 9.17) is 4.74 Å². The molecule has 0 aliphatic carbocycles. The van der Waals surface area contributed by atoms with Crippen molar-refractivity contribution in [1.82, 2.24) is 4.90 Å². The summed E-state index contributed by atoms with van der Waals surface area (Å²) in [6, 6.07) is 0. The lowest BCUT2D eigenvalue weighted by molar-refractivity contribution is -0.132. The van der Waals surface area contributed by atoms with Crippen molar-refractivity contribution in [2.45, 2.75) is 0 Å². The van der Waals surface area contributed by atoms with Crippen LogP contribution in [0.5, 0.6) is 0 Å². The molecular weight excluding hydrogens is 118 g/mol. The van der Waals surface area contributed by atoms with Crippen LogP contribution in [0.3, 0.4) is 0 Å². The van der Waals surface area contributed by atoms with Gasteiger partial charge in [-0.2, -0.15) is 0 Å². The fraction of sp³-hybridized carbons (Fsp3) is 0.500. The molecule has 50 valence electrons. The van der Waals surface area contributed by atoms with Crippen LogP contribution in [0.4, 0.5) is 0 Å². The molecule has 0 radical (unpaired) electrons. The summed E-state index contributed by atoms with van der Waals surface area (Å²) in [7, 11) is 0. The molecule has 0 aromatic rings. The largest absolute Gasteiger partial charge is 0.353 e. The quantitative estimate of drug-likeness (QED) is 0.496. The molecule has 0 bridgehead atoms. The highest BCUT2D eigenvalue weighted by atomic mass is 16.5. The summed E-state index contributed by atoms with van der Waals surface area (Å²) in [5.74, 6) is 0.112. The van der Waals surface area contributed by atoms with E-state index in [1.807, 2.05) is 0 Å². The summed E-state index contributed by atoms with van der Waals surface area (Å²) in [5.41, 5.74) is 0. The molecule has 1 saturated heterocycles. The third kappa shape index (κ3) is 1.54. The van der Waals surface area contributed by atoms with Gasteiger partial charge in [0.1, 0.15) is 13.3 Å². The first-order valence-corrected chi connectivity index (χ1v) is 2.79. The first kappa shape index (κ1) is 6.29. The Labute approximate surface area is 53.9 Å². The van der Waals surface area contributed by atoms with Crippen LogP contribution >= 0.6 is 0 Å². The van der Waals surface area contributed by atoms with Crippen molar-refractivity contribution in [2.75, 3.05) is 19.9 Å². The van der Waals surface area contributed by atoms with Crippen LogP contribution < -0.4 is 0 Å². The number of Topliss-reactive ketones (excluding diaryl/α,β-unsaturated/α-hetero) is 1. The van der Waals surface area contributed by atoms with E-state index in [1.54, 1.807) is 11.1 Å². The van der Waals surface area contributed by atoms with Crippen LogP contribution in [-0.4, -0.2) is 30.6 Å². The lowest BCUT2D eigenvalue weighted by Gasteiger charge is -2.23. The van der Waals surface area contributed by atoms with Crippen molar-refractivity contribution in [3.8, 4) is 0 Å². The number of nitrogens with zero attached hydrogens (tertiary/aromatic N) is 1. The molecule has 0 spiro atoms. The molecule has 0 aromatic carbocycles. The third-order valence-corrected chi connectivity index (χ3v) is 1.16. The molecule has 3 heteroatoms. The maximum Gasteiger partial charge on any atom is 0.177 e. The van der Waals surface area contributed by atoms with Crippen LogP contribution in [0.25, 0.3) is 0 Å². The van der Waals surface area contributed by atoms with E-state index in [2.05, 4.69) is 6.58 Å². The van der Waals surface area contributed by atoms with Crippen molar-refractivity contribution in [3.63, 3.8) is 0 Å². The minimum absolute atomic E-state index is 0.112. The lowest BCUT2D eigenvalue weighted by atomic mass is 10.4. The maximum atomic E-state index is 10.6. The zero-order valence-corrected chi connectivity index (χ0v) is 5.17. The average Bonchev–Trinajstić information content (AvgIpc) is 1.88. The SMILES string of the molecule is C=CN1COCC(=O)C1. The number of carbonyl (C=O) groups is 1. The van der Waals surface area contributed by atoms with Crippen molar-refractivity contribution in [2.24, 2.45) is 0 Å². The van der Waals surface area contributed by atoms with Gasteiger partial charge < -0.3 is 9.64 Å². The molecule has 3 nitrogen and oxygen atoms in total. The Bertz CT molecular complexity index is 133. The van der Waals surface area contributed by atoms with Crippen molar-refractivity contribution in [1.29, 1.82) is 0 Å². The maximum absolute atomic E-state index is 10.6. The van der Waals surface area contributed by atoms with Gasteiger partial charge in [-0.15, -0.1) is 0 Å². The fourth-order valence-electron chi connectivity index (χ4n) is 0.712. The smallest absolute Gasteiger partial charge is 0.177 e. The van der Waals surface area contributed by atoms with Gasteiger partial charge in [0.15, 0.2) is 5.78 Å². The molecule has 0 N–H and O–H groups in total. The van der Waals surface area contributed by atoms with Crippen LogP contribution in [0.2, 0.25) is 0 Å². The van der Waals surface area contributed by atoms with E-state index in [0.29, 0.717) is 13.3 Å². The number of rotatable bonds is 1. The summed E-state index contributed by atoms with van der Waals surface area (Å²) >= 11 is 0. The lowest BCUT2D eigenvalue weighted by Crippen LogP contribution is -2.35. The zero-order valence-electron chi connectivity index (χ0n) is 5.17. The summed E-state index contributed by atoms with van der Waals surface area (Å²) in [5, 5.41) is 0. The van der Waals surface area contributed by atoms with Gasteiger partial charge in [-0.1, -0.05) is 6.58 Å². The Balaban J connectivity index is 2.40. The van der Waals surface area contributed by atoms with Gasteiger partial charge in [0.25, 0.3) is 0 Å². The topological polar surface area (TPSA) is 29.5 Å². The molecule has 0 atom stereocenters. The monoisotopic (exact) mass is 127 g/mol. The van der Waals surface area contributed by atoms with Gasteiger partial charge in [-0.25, -0.2) is 0 Å². The molecule has 0 saturated carbocycles. The van der Waals surface area contributed by atoms with E-state index < -0.39 is 0 Å². The molecule has 0 amide bonds. The molecule has 9 heavy (non-hydrogen) atoms. The van der Waals surface area contributed by atoms with E-state index in [1.165, 1.54) is 0 Å². The Hall–Kier alpha value is -0.830. The van der Waals surface area contributed by atoms with Crippen LogP contribution in [0.15, 0.2) is 12.8 Å². The molecule has 1 rings (SSSR count). The van der Waals surface area contributed by atoms with Crippen molar-refractivity contribution in [3.05, 3.63) is 12.8 Å². The summed E-state index contributed by atoms with van der Waals surface area (Å²) in [6.45, 7) is 4.71. The third-order valence-electron chi connectivity index (χ3n) is 1.16. The molecular formula is C6H9NO2. The van der Waals surface area contributed by atoms with Gasteiger partial charge in [-0.3, -0.25) is 4.79 Å². The second-order valence-corrected chi connectivity index (χ2v) is 1.95. The highest BCUT2D eigenvalue weighted by molar-refractivity contribution is 5.82. The average molecular weight is 127 g/mol. The van der Waals surface area contributed by atoms with Crippen LogP contribution in [0, 0.1) is 0 Å². The van der Waals surface area contributed by atoms with Gasteiger partial charge in [-0.05, 0) is 6.20 Å². The molecule has 1 aliphatic heterocycles. The van der Waals surface area contributed by atoms with Crippen molar-refractivity contribution < 1.29 is 9.53 Å². The van der Waals surface area contributed by atoms with Crippen LogP contribution in [0.1, 0.15) is 0 Å².